The number of alkyl halides is 1. The van der Waals surface area contributed by atoms with Gasteiger partial charge in [-0.15, -0.1) is 11.6 Å². The normalized spacial score (nSPS) is 13.1. The summed E-state index contributed by atoms with van der Waals surface area (Å²) in [5.74, 6) is -0.524. The number of rotatable bonds is 4. The minimum atomic E-state index is -0.730. The van der Waals surface area contributed by atoms with Crippen LogP contribution in [0.15, 0.2) is 0 Å². The van der Waals surface area contributed by atoms with E-state index in [1.807, 2.05) is 13.8 Å². The van der Waals surface area contributed by atoms with E-state index in [0.717, 1.165) is 0 Å². The quantitative estimate of drug-likeness (QED) is 0.712. The second kappa shape index (κ2) is 5.92. The van der Waals surface area contributed by atoms with Crippen molar-refractivity contribution in [2.24, 2.45) is 0 Å². The highest BCUT2D eigenvalue weighted by Gasteiger charge is 2.18. The van der Waals surface area contributed by atoms with Gasteiger partial charge in [0.15, 0.2) is 0 Å². The predicted molar refractivity (Wildman–Crippen MR) is 57.9 cm³/mol. The molecule has 0 aromatic heterocycles. The molecule has 0 bridgehead atoms. The van der Waals surface area contributed by atoms with Crippen molar-refractivity contribution in [2.45, 2.75) is 31.7 Å². The third kappa shape index (κ3) is 6.30. The average molecular weight is 237 g/mol. The van der Waals surface area contributed by atoms with Crippen LogP contribution >= 0.6 is 11.6 Å². The highest BCUT2D eigenvalue weighted by molar-refractivity contribution is 6.31. The van der Waals surface area contributed by atoms with Crippen molar-refractivity contribution in [3.05, 3.63) is 0 Å². The van der Waals surface area contributed by atoms with Crippen LogP contribution < -0.4 is 10.6 Å². The van der Waals surface area contributed by atoms with Crippen LogP contribution in [0.2, 0.25) is 0 Å². The number of hydrogen-bond donors (Lipinski definition) is 2. The molecule has 0 rings (SSSR count). The molecule has 3 amide bonds. The fourth-order valence-corrected chi connectivity index (χ4v) is 0.675. The number of carbonyl (C=O) groups excluding carboxylic acids is 2. The summed E-state index contributed by atoms with van der Waals surface area (Å²) in [5.41, 5.74) is -0.465. The van der Waals surface area contributed by atoms with E-state index in [9.17, 15) is 9.59 Å². The largest absolute Gasteiger partial charge is 0.377 e. The van der Waals surface area contributed by atoms with Crippen LogP contribution in [-0.4, -0.2) is 36.6 Å². The molecule has 0 saturated carbocycles. The summed E-state index contributed by atoms with van der Waals surface area (Å²) in [6.45, 7) is 5.43. The molecular formula is C9H17ClN2O3. The van der Waals surface area contributed by atoms with Crippen molar-refractivity contribution in [3.63, 3.8) is 0 Å². The van der Waals surface area contributed by atoms with E-state index in [1.165, 1.54) is 6.92 Å². The summed E-state index contributed by atoms with van der Waals surface area (Å²) < 4.78 is 5.09. The Bertz CT molecular complexity index is 242. The van der Waals surface area contributed by atoms with E-state index in [4.69, 9.17) is 16.3 Å². The Morgan fingerprint density at radius 1 is 1.47 bits per heavy atom. The maximum absolute atomic E-state index is 11.2. The van der Waals surface area contributed by atoms with Crippen LogP contribution in [0, 0.1) is 0 Å². The van der Waals surface area contributed by atoms with Gasteiger partial charge in [-0.3, -0.25) is 10.1 Å². The number of halogens is 1. The Morgan fingerprint density at radius 2 is 2.00 bits per heavy atom. The first kappa shape index (κ1) is 14.2. The van der Waals surface area contributed by atoms with Gasteiger partial charge in [0.05, 0.1) is 5.60 Å². The van der Waals surface area contributed by atoms with Gasteiger partial charge in [0.25, 0.3) is 0 Å². The highest BCUT2D eigenvalue weighted by Crippen LogP contribution is 2.04. The first-order valence-electron chi connectivity index (χ1n) is 4.56. The Kier molecular flexibility index (Phi) is 5.60. The third-order valence-corrected chi connectivity index (χ3v) is 2.02. The van der Waals surface area contributed by atoms with Crippen molar-refractivity contribution < 1.29 is 14.3 Å². The van der Waals surface area contributed by atoms with Crippen LogP contribution in [0.3, 0.4) is 0 Å². The van der Waals surface area contributed by atoms with E-state index in [-0.39, 0.29) is 0 Å². The van der Waals surface area contributed by atoms with Gasteiger partial charge in [0, 0.05) is 13.7 Å². The average Bonchev–Trinajstić information content (AvgIpc) is 2.15. The van der Waals surface area contributed by atoms with Gasteiger partial charge >= 0.3 is 6.03 Å². The number of amides is 3. The fraction of sp³-hybridized carbons (Fsp3) is 0.778. The zero-order valence-electron chi connectivity index (χ0n) is 9.39. The molecule has 2 N–H and O–H groups in total. The number of urea groups is 1. The smallest absolute Gasteiger partial charge is 0.321 e. The number of nitrogens with one attached hydrogen (secondary N) is 2. The Hall–Kier alpha value is -0.810. The van der Waals surface area contributed by atoms with Crippen LogP contribution in [0.5, 0.6) is 0 Å². The van der Waals surface area contributed by atoms with Gasteiger partial charge < -0.3 is 10.1 Å². The maximum atomic E-state index is 11.2. The summed E-state index contributed by atoms with van der Waals surface area (Å²) in [7, 11) is 1.55. The Labute approximate surface area is 94.5 Å². The summed E-state index contributed by atoms with van der Waals surface area (Å²) in [5, 5.41) is 3.87. The maximum Gasteiger partial charge on any atom is 0.321 e. The topological polar surface area (TPSA) is 67.4 Å². The predicted octanol–water partition coefficient (Wildman–Crippen LogP) is 0.865. The number of ether oxygens (including phenoxy) is 1. The minimum Gasteiger partial charge on any atom is -0.377 e. The lowest BCUT2D eigenvalue weighted by Crippen LogP contribution is -2.47. The lowest BCUT2D eigenvalue weighted by atomic mass is 10.1. The second-order valence-corrected chi connectivity index (χ2v) is 4.41. The van der Waals surface area contributed by atoms with Crippen molar-refractivity contribution in [3.8, 4) is 0 Å². The van der Waals surface area contributed by atoms with E-state index in [0.29, 0.717) is 6.54 Å². The Morgan fingerprint density at radius 3 is 2.40 bits per heavy atom. The Balaban J connectivity index is 3.91. The number of imide groups is 1. The van der Waals surface area contributed by atoms with E-state index in [1.54, 1.807) is 7.11 Å². The van der Waals surface area contributed by atoms with Crippen molar-refractivity contribution in [1.29, 1.82) is 0 Å². The molecule has 0 aromatic rings. The van der Waals surface area contributed by atoms with Gasteiger partial charge in [-0.1, -0.05) is 0 Å². The van der Waals surface area contributed by atoms with Crippen molar-refractivity contribution >= 4 is 23.5 Å². The number of carbonyl (C=O) groups is 2. The highest BCUT2D eigenvalue weighted by atomic mass is 35.5. The molecule has 1 unspecified atom stereocenters. The zero-order valence-corrected chi connectivity index (χ0v) is 10.1. The molecule has 15 heavy (non-hydrogen) atoms. The summed E-state index contributed by atoms with van der Waals surface area (Å²) in [6.07, 6.45) is 0. The zero-order chi connectivity index (χ0) is 12.1. The summed E-state index contributed by atoms with van der Waals surface area (Å²) in [4.78, 5) is 22.2. The van der Waals surface area contributed by atoms with Crippen molar-refractivity contribution in [2.75, 3.05) is 13.7 Å². The molecule has 6 heteroatoms. The van der Waals surface area contributed by atoms with Crippen LogP contribution in [0.1, 0.15) is 20.8 Å². The minimum absolute atomic E-state index is 0.305. The second-order valence-electron chi connectivity index (χ2n) is 3.75. The van der Waals surface area contributed by atoms with E-state index in [2.05, 4.69) is 10.6 Å². The number of hydrogen-bond acceptors (Lipinski definition) is 3. The lowest BCUT2D eigenvalue weighted by Gasteiger charge is -2.23. The molecule has 5 nitrogen and oxygen atoms in total. The molecule has 0 aromatic carbocycles. The molecule has 0 radical (unpaired) electrons. The molecule has 0 aliphatic rings. The van der Waals surface area contributed by atoms with Gasteiger partial charge in [0.2, 0.25) is 5.91 Å². The third-order valence-electron chi connectivity index (χ3n) is 1.83. The first-order chi connectivity index (χ1) is 6.78. The number of methoxy groups -OCH3 is 1. The molecule has 0 spiro atoms. The monoisotopic (exact) mass is 236 g/mol. The SMILES string of the molecule is COC(C)(C)CNC(=O)NC(=O)C(C)Cl. The van der Waals surface area contributed by atoms with Gasteiger partial charge in [-0.25, -0.2) is 4.79 Å². The molecule has 1 atom stereocenters. The van der Waals surface area contributed by atoms with Gasteiger partial charge in [0.1, 0.15) is 5.38 Å². The summed E-state index contributed by atoms with van der Waals surface area (Å²) in [6, 6.07) is -0.572. The molecule has 0 aliphatic heterocycles. The van der Waals surface area contributed by atoms with Gasteiger partial charge in [-0.2, -0.15) is 0 Å². The first-order valence-corrected chi connectivity index (χ1v) is 5.00. The molecular weight excluding hydrogens is 220 g/mol. The van der Waals surface area contributed by atoms with Crippen LogP contribution in [0.4, 0.5) is 4.79 Å². The lowest BCUT2D eigenvalue weighted by molar-refractivity contribution is -0.119. The van der Waals surface area contributed by atoms with Crippen LogP contribution in [0.25, 0.3) is 0 Å². The van der Waals surface area contributed by atoms with Crippen molar-refractivity contribution in [1.82, 2.24) is 10.6 Å². The molecule has 0 aliphatic carbocycles. The molecule has 0 heterocycles. The van der Waals surface area contributed by atoms with E-state index < -0.39 is 22.9 Å². The fourth-order valence-electron chi connectivity index (χ4n) is 0.621. The molecule has 88 valence electrons. The van der Waals surface area contributed by atoms with Gasteiger partial charge in [-0.05, 0) is 20.8 Å². The molecule has 0 fully saturated rings. The van der Waals surface area contributed by atoms with Crippen LogP contribution in [-0.2, 0) is 9.53 Å². The van der Waals surface area contributed by atoms with E-state index >= 15 is 0 Å². The summed E-state index contributed by atoms with van der Waals surface area (Å²) >= 11 is 5.47. The standard InChI is InChI=1S/C9H17ClN2O3/c1-6(10)7(13)12-8(14)11-5-9(2,3)15-4/h6H,5H2,1-4H3,(H2,11,12,13,14). The molecule has 0 saturated heterocycles.